The van der Waals surface area contributed by atoms with Gasteiger partial charge in [-0.1, -0.05) is 72.8 Å². The first-order valence-electron chi connectivity index (χ1n) is 12.9. The summed E-state index contributed by atoms with van der Waals surface area (Å²) < 4.78 is 2.13. The lowest BCUT2D eigenvalue weighted by molar-refractivity contribution is 0.395. The first-order chi connectivity index (χ1) is 18.7. The minimum Gasteiger partial charge on any atom is -0.368 e. The molecule has 3 heterocycles. The lowest BCUT2D eigenvalue weighted by atomic mass is 9.91. The van der Waals surface area contributed by atoms with Crippen LogP contribution in [-0.4, -0.2) is 44.9 Å². The fourth-order valence-corrected chi connectivity index (χ4v) is 4.94. The molecule has 1 N–H and O–H groups in total. The Bertz CT molecular complexity index is 1640. The summed E-state index contributed by atoms with van der Waals surface area (Å²) in [5, 5.41) is 4.70. The van der Waals surface area contributed by atoms with Gasteiger partial charge in [-0.15, -0.1) is 0 Å². The third-order valence-corrected chi connectivity index (χ3v) is 6.80. The van der Waals surface area contributed by atoms with Crippen molar-refractivity contribution in [2.45, 2.75) is 12.5 Å². The lowest BCUT2D eigenvalue weighted by Crippen LogP contribution is -2.15. The molecule has 6 aromatic rings. The van der Waals surface area contributed by atoms with E-state index in [0.717, 1.165) is 40.2 Å². The maximum atomic E-state index is 5.05. The van der Waals surface area contributed by atoms with Gasteiger partial charge in [-0.25, -0.2) is 15.0 Å². The molecule has 0 unspecified atom stereocenters. The van der Waals surface area contributed by atoms with E-state index in [1.54, 1.807) is 0 Å². The summed E-state index contributed by atoms with van der Waals surface area (Å²) in [6, 6.07) is 33.5. The zero-order valence-electron chi connectivity index (χ0n) is 21.6. The van der Waals surface area contributed by atoms with E-state index in [1.807, 2.05) is 36.5 Å². The summed E-state index contributed by atoms with van der Waals surface area (Å²) >= 11 is 0. The summed E-state index contributed by atoms with van der Waals surface area (Å²) in [5.74, 6) is 1.71. The lowest BCUT2D eigenvalue weighted by Gasteiger charge is -2.20. The van der Waals surface area contributed by atoms with Crippen LogP contribution in [0.25, 0.3) is 27.9 Å². The van der Waals surface area contributed by atoms with Crippen molar-refractivity contribution in [2.24, 2.45) is 0 Å². The van der Waals surface area contributed by atoms with E-state index in [9.17, 15) is 0 Å². The van der Waals surface area contributed by atoms with Gasteiger partial charge in [0, 0.05) is 36.2 Å². The molecular weight excluding hydrogens is 468 g/mol. The Morgan fingerprint density at radius 3 is 2.18 bits per heavy atom. The molecule has 0 saturated heterocycles. The fourth-order valence-electron chi connectivity index (χ4n) is 4.94. The topological polar surface area (TPSA) is 58.4 Å². The number of aromatic nitrogens is 4. The normalized spacial score (nSPS) is 11.6. The highest BCUT2D eigenvalue weighted by Gasteiger charge is 2.16. The van der Waals surface area contributed by atoms with Crippen molar-refractivity contribution in [3.63, 3.8) is 0 Å². The van der Waals surface area contributed by atoms with E-state index in [4.69, 9.17) is 9.97 Å². The van der Waals surface area contributed by atoms with Crippen molar-refractivity contribution in [1.82, 2.24) is 24.3 Å². The van der Waals surface area contributed by atoms with Crippen LogP contribution in [0.2, 0.25) is 0 Å². The van der Waals surface area contributed by atoms with Gasteiger partial charge < -0.3 is 14.6 Å². The molecule has 0 saturated carbocycles. The van der Waals surface area contributed by atoms with E-state index in [0.29, 0.717) is 12.4 Å². The van der Waals surface area contributed by atoms with Crippen LogP contribution >= 0.6 is 0 Å². The molecule has 0 amide bonds. The molecular formula is C32H30N6. The number of para-hydroxylation sites is 1. The molecule has 0 bridgehead atoms. The molecule has 6 rings (SSSR count). The second-order valence-electron chi connectivity index (χ2n) is 9.80. The molecule has 0 aliphatic carbocycles. The van der Waals surface area contributed by atoms with Gasteiger partial charge in [0.1, 0.15) is 11.5 Å². The number of rotatable bonds is 8. The zero-order chi connectivity index (χ0) is 25.9. The number of benzene rings is 3. The van der Waals surface area contributed by atoms with Crippen LogP contribution in [0.4, 0.5) is 5.82 Å². The maximum absolute atomic E-state index is 5.05. The predicted molar refractivity (Wildman–Crippen MR) is 154 cm³/mol. The van der Waals surface area contributed by atoms with E-state index >= 15 is 0 Å². The Morgan fingerprint density at radius 2 is 1.47 bits per heavy atom. The number of anilines is 1. The molecule has 6 nitrogen and oxygen atoms in total. The number of nitrogens with one attached hydrogen (secondary N) is 1. The summed E-state index contributed by atoms with van der Waals surface area (Å²) in [4.78, 5) is 16.7. The number of hydrogen-bond donors (Lipinski definition) is 1. The van der Waals surface area contributed by atoms with Crippen molar-refractivity contribution < 1.29 is 0 Å². The second-order valence-corrected chi connectivity index (χ2v) is 9.80. The van der Waals surface area contributed by atoms with Crippen LogP contribution in [0.3, 0.4) is 0 Å². The molecule has 188 valence electrons. The van der Waals surface area contributed by atoms with E-state index < -0.39 is 0 Å². The Balaban J connectivity index is 1.39. The molecule has 0 fully saturated rings. The molecule has 0 radical (unpaired) electrons. The van der Waals surface area contributed by atoms with Gasteiger partial charge in [0.25, 0.3) is 0 Å². The Labute approximate surface area is 222 Å². The summed E-state index contributed by atoms with van der Waals surface area (Å²) in [7, 11) is 4.12. The van der Waals surface area contributed by atoms with Crippen LogP contribution in [0, 0.1) is 0 Å². The van der Waals surface area contributed by atoms with Crippen LogP contribution in [0.1, 0.15) is 22.7 Å². The fraction of sp³-hybridized carbons (Fsp3) is 0.156. The molecule has 0 spiro atoms. The van der Waals surface area contributed by atoms with E-state index in [2.05, 4.69) is 107 Å². The molecule has 3 aromatic heterocycles. The summed E-state index contributed by atoms with van der Waals surface area (Å²) in [5.41, 5.74) is 6.44. The molecule has 38 heavy (non-hydrogen) atoms. The SMILES string of the molecule is CN(C)Cc1cnc2ccc(-c3nc(NCC(c4ccccc4)c4ccccc4)c4ccccc4n3)cn12. The first kappa shape index (κ1) is 23.8. The van der Waals surface area contributed by atoms with Crippen molar-refractivity contribution in [3.05, 3.63) is 126 Å². The van der Waals surface area contributed by atoms with Crippen molar-refractivity contribution in [2.75, 3.05) is 26.0 Å². The smallest absolute Gasteiger partial charge is 0.163 e. The van der Waals surface area contributed by atoms with Gasteiger partial charge in [0.15, 0.2) is 5.82 Å². The van der Waals surface area contributed by atoms with Crippen LogP contribution in [0.5, 0.6) is 0 Å². The van der Waals surface area contributed by atoms with Gasteiger partial charge in [-0.3, -0.25) is 0 Å². The van der Waals surface area contributed by atoms with Crippen molar-refractivity contribution in [1.29, 1.82) is 0 Å². The minimum absolute atomic E-state index is 0.186. The average Bonchev–Trinajstić information content (AvgIpc) is 3.35. The monoisotopic (exact) mass is 498 g/mol. The largest absolute Gasteiger partial charge is 0.368 e. The Morgan fingerprint density at radius 1 is 0.789 bits per heavy atom. The molecule has 3 aromatic carbocycles. The quantitative estimate of drug-likeness (QED) is 0.269. The third kappa shape index (κ3) is 4.86. The van der Waals surface area contributed by atoms with E-state index in [-0.39, 0.29) is 5.92 Å². The second kappa shape index (κ2) is 10.4. The number of fused-ring (bicyclic) bond motifs is 2. The average molecular weight is 499 g/mol. The predicted octanol–water partition coefficient (Wildman–Crippen LogP) is 6.25. The Kier molecular flexibility index (Phi) is 6.54. The number of imidazole rings is 1. The summed E-state index contributed by atoms with van der Waals surface area (Å²) in [6.45, 7) is 1.51. The highest BCUT2D eigenvalue weighted by atomic mass is 15.1. The molecule has 6 heteroatoms. The van der Waals surface area contributed by atoms with Crippen LogP contribution in [-0.2, 0) is 6.54 Å². The standard InChI is InChI=1S/C32H30N6/c1-37(2)22-26-19-33-30-18-17-25(21-38(26)30)31-35-29-16-10-9-15-27(29)32(36-31)34-20-28(23-11-5-3-6-12-23)24-13-7-4-8-14-24/h3-19,21,28H,20,22H2,1-2H3,(H,34,35,36). The highest BCUT2D eigenvalue weighted by Crippen LogP contribution is 2.29. The minimum atomic E-state index is 0.186. The molecule has 0 atom stereocenters. The van der Waals surface area contributed by atoms with Crippen molar-refractivity contribution >= 4 is 22.4 Å². The number of hydrogen-bond acceptors (Lipinski definition) is 5. The van der Waals surface area contributed by atoms with Gasteiger partial charge in [0.2, 0.25) is 0 Å². The number of pyridine rings is 1. The van der Waals surface area contributed by atoms with Gasteiger partial charge in [-0.05, 0) is 49.5 Å². The van der Waals surface area contributed by atoms with Crippen LogP contribution < -0.4 is 5.32 Å². The van der Waals surface area contributed by atoms with Gasteiger partial charge in [-0.2, -0.15) is 0 Å². The van der Waals surface area contributed by atoms with Crippen molar-refractivity contribution in [3.8, 4) is 11.4 Å². The third-order valence-electron chi connectivity index (χ3n) is 6.80. The van der Waals surface area contributed by atoms with Crippen LogP contribution in [0.15, 0.2) is 109 Å². The van der Waals surface area contributed by atoms with E-state index in [1.165, 1.54) is 11.1 Å². The summed E-state index contributed by atoms with van der Waals surface area (Å²) in [6.07, 6.45) is 4.02. The van der Waals surface area contributed by atoms with Gasteiger partial charge >= 0.3 is 0 Å². The zero-order valence-corrected chi connectivity index (χ0v) is 21.6. The maximum Gasteiger partial charge on any atom is 0.163 e. The Hall–Kier alpha value is -4.55. The number of nitrogens with zero attached hydrogens (tertiary/aromatic N) is 5. The molecule has 0 aliphatic rings. The van der Waals surface area contributed by atoms with Gasteiger partial charge in [0.05, 0.1) is 17.4 Å². The molecule has 0 aliphatic heterocycles. The first-order valence-corrected chi connectivity index (χ1v) is 12.9. The highest BCUT2D eigenvalue weighted by molar-refractivity contribution is 5.90.